The smallest absolute Gasteiger partial charge is 0.294 e. The molecule has 0 aliphatic heterocycles. The number of hydrogen-bond acceptors (Lipinski definition) is 7. The fourth-order valence-corrected chi connectivity index (χ4v) is 3.54. The molecule has 29 heavy (non-hydrogen) atoms. The summed E-state index contributed by atoms with van der Waals surface area (Å²) in [6, 6.07) is 11.4. The van der Waals surface area contributed by atoms with E-state index in [1.807, 2.05) is 18.2 Å². The number of benzene rings is 1. The first kappa shape index (κ1) is 19.2. The molecule has 3 aromatic heterocycles. The fourth-order valence-electron chi connectivity index (χ4n) is 2.90. The van der Waals surface area contributed by atoms with Gasteiger partial charge in [0.15, 0.2) is 5.65 Å². The molecule has 1 aromatic carbocycles. The lowest BCUT2D eigenvalue weighted by molar-refractivity contribution is 0.483. The van der Waals surface area contributed by atoms with Crippen LogP contribution in [0, 0.1) is 0 Å². The first-order valence-corrected chi connectivity index (χ1v) is 10.3. The molecule has 0 aliphatic rings. The van der Waals surface area contributed by atoms with E-state index in [0.717, 1.165) is 5.56 Å². The molecule has 148 valence electrons. The first-order valence-electron chi connectivity index (χ1n) is 8.45. The molecule has 0 aliphatic carbocycles. The Labute approximate surface area is 171 Å². The molecule has 0 bridgehead atoms. The third-order valence-corrected chi connectivity index (χ3v) is 5.28. The summed E-state index contributed by atoms with van der Waals surface area (Å²) in [4.78, 5) is 12.8. The Hall–Kier alpha value is -3.08. The number of hydrogen-bond donors (Lipinski definition) is 2. The van der Waals surface area contributed by atoms with Gasteiger partial charge in [-0.15, -0.1) is 0 Å². The number of aryl methyl sites for hydroxylation is 1. The summed E-state index contributed by atoms with van der Waals surface area (Å²) < 4.78 is 33.0. The standard InChI is InChI=1S/C18H15ClN6O3S/c1-25-17-14(15(24-25)13-4-2-3-9-20-13)16(22-18(19)23-17)21-10-11-5-7-12(8-6-11)29(26,27)28/h2-9H,10H2,1H3,(H,21,22,23)(H,26,27,28). The van der Waals surface area contributed by atoms with E-state index in [2.05, 4.69) is 25.4 Å². The second-order valence-corrected chi connectivity index (χ2v) is 7.96. The monoisotopic (exact) mass is 430 g/mol. The highest BCUT2D eigenvalue weighted by Crippen LogP contribution is 2.31. The molecule has 0 saturated carbocycles. The Bertz CT molecular complexity index is 1290. The number of halogens is 1. The van der Waals surface area contributed by atoms with Crippen LogP contribution in [-0.4, -0.2) is 37.7 Å². The van der Waals surface area contributed by atoms with E-state index in [1.165, 1.54) is 12.1 Å². The molecule has 0 unspecified atom stereocenters. The number of nitrogens with one attached hydrogen (secondary N) is 1. The predicted octanol–water partition coefficient (Wildman–Crippen LogP) is 2.94. The number of aromatic nitrogens is 5. The van der Waals surface area contributed by atoms with Crippen molar-refractivity contribution >= 4 is 38.6 Å². The molecular formula is C18H15ClN6O3S. The van der Waals surface area contributed by atoms with Gasteiger partial charge in [-0.25, -0.2) is 4.68 Å². The Morgan fingerprint density at radius 1 is 1.14 bits per heavy atom. The zero-order valence-corrected chi connectivity index (χ0v) is 16.7. The molecule has 11 heteroatoms. The average Bonchev–Trinajstić information content (AvgIpc) is 3.03. The minimum atomic E-state index is -4.23. The van der Waals surface area contributed by atoms with E-state index in [0.29, 0.717) is 34.8 Å². The van der Waals surface area contributed by atoms with Gasteiger partial charge in [0.1, 0.15) is 11.5 Å². The number of rotatable bonds is 5. The minimum Gasteiger partial charge on any atom is -0.365 e. The van der Waals surface area contributed by atoms with Gasteiger partial charge in [0.05, 0.1) is 16.0 Å². The van der Waals surface area contributed by atoms with Gasteiger partial charge in [0.25, 0.3) is 10.1 Å². The van der Waals surface area contributed by atoms with Crippen molar-refractivity contribution < 1.29 is 13.0 Å². The van der Waals surface area contributed by atoms with E-state index < -0.39 is 10.1 Å². The normalized spacial score (nSPS) is 11.7. The quantitative estimate of drug-likeness (QED) is 0.366. The van der Waals surface area contributed by atoms with E-state index >= 15 is 0 Å². The summed E-state index contributed by atoms with van der Waals surface area (Å²) in [5, 5.41) is 8.45. The van der Waals surface area contributed by atoms with Crippen molar-refractivity contribution in [1.29, 1.82) is 0 Å². The van der Waals surface area contributed by atoms with Crippen LogP contribution in [0.5, 0.6) is 0 Å². The molecular weight excluding hydrogens is 416 g/mol. The van der Waals surface area contributed by atoms with Crippen molar-refractivity contribution in [3.8, 4) is 11.4 Å². The molecule has 0 atom stereocenters. The molecule has 9 nitrogen and oxygen atoms in total. The highest BCUT2D eigenvalue weighted by atomic mass is 35.5. The van der Waals surface area contributed by atoms with Crippen molar-refractivity contribution in [3.05, 3.63) is 59.5 Å². The topological polar surface area (TPSA) is 123 Å². The molecule has 0 spiro atoms. The highest BCUT2D eigenvalue weighted by molar-refractivity contribution is 7.85. The second kappa shape index (κ2) is 7.39. The minimum absolute atomic E-state index is 0.0669. The van der Waals surface area contributed by atoms with Crippen molar-refractivity contribution in [3.63, 3.8) is 0 Å². The van der Waals surface area contributed by atoms with E-state index in [1.54, 1.807) is 30.1 Å². The Morgan fingerprint density at radius 3 is 2.55 bits per heavy atom. The predicted molar refractivity (Wildman–Crippen MR) is 108 cm³/mol. The zero-order chi connectivity index (χ0) is 20.6. The largest absolute Gasteiger partial charge is 0.365 e. The molecule has 0 amide bonds. The fraction of sp³-hybridized carbons (Fsp3) is 0.111. The third kappa shape index (κ3) is 3.90. The van der Waals surface area contributed by atoms with Crippen molar-refractivity contribution in [2.24, 2.45) is 7.05 Å². The van der Waals surface area contributed by atoms with Gasteiger partial charge < -0.3 is 5.32 Å². The zero-order valence-electron chi connectivity index (χ0n) is 15.1. The first-order chi connectivity index (χ1) is 13.8. The van der Waals surface area contributed by atoms with Gasteiger partial charge in [-0.1, -0.05) is 18.2 Å². The Balaban J connectivity index is 1.72. The van der Waals surface area contributed by atoms with Gasteiger partial charge in [-0.2, -0.15) is 23.5 Å². The summed E-state index contributed by atoms with van der Waals surface area (Å²) in [6.45, 7) is 0.338. The van der Waals surface area contributed by atoms with Gasteiger partial charge in [0, 0.05) is 19.8 Å². The maximum atomic E-state index is 11.2. The maximum Gasteiger partial charge on any atom is 0.294 e. The second-order valence-electron chi connectivity index (χ2n) is 6.20. The van der Waals surface area contributed by atoms with Crippen LogP contribution in [0.25, 0.3) is 22.4 Å². The Morgan fingerprint density at radius 2 is 1.90 bits per heavy atom. The molecule has 0 saturated heterocycles. The maximum absolute atomic E-state index is 11.2. The number of nitrogens with zero attached hydrogens (tertiary/aromatic N) is 5. The Kier molecular flexibility index (Phi) is 4.91. The van der Waals surface area contributed by atoms with Crippen molar-refractivity contribution in [1.82, 2.24) is 24.7 Å². The van der Waals surface area contributed by atoms with Gasteiger partial charge in [-0.05, 0) is 41.4 Å². The molecule has 0 fully saturated rings. The summed E-state index contributed by atoms with van der Waals surface area (Å²) in [5.74, 6) is 0.479. The van der Waals surface area contributed by atoms with Crippen LogP contribution in [-0.2, 0) is 23.7 Å². The summed E-state index contributed by atoms with van der Waals surface area (Å²) in [5.41, 5.74) is 2.62. The average molecular weight is 431 g/mol. The van der Waals surface area contributed by atoms with Gasteiger partial charge in [-0.3, -0.25) is 9.54 Å². The van der Waals surface area contributed by atoms with E-state index in [-0.39, 0.29) is 10.2 Å². The summed E-state index contributed by atoms with van der Waals surface area (Å²) in [6.07, 6.45) is 1.68. The number of fused-ring (bicyclic) bond motifs is 1. The van der Waals surface area contributed by atoms with Crippen LogP contribution in [0.3, 0.4) is 0 Å². The molecule has 0 radical (unpaired) electrons. The van der Waals surface area contributed by atoms with E-state index in [4.69, 9.17) is 16.2 Å². The third-order valence-electron chi connectivity index (χ3n) is 4.24. The van der Waals surface area contributed by atoms with Crippen LogP contribution >= 0.6 is 11.6 Å². The number of pyridine rings is 1. The summed E-state index contributed by atoms with van der Waals surface area (Å²) in [7, 11) is -2.47. The van der Waals surface area contributed by atoms with Gasteiger partial charge in [0.2, 0.25) is 5.28 Å². The summed E-state index contributed by atoms with van der Waals surface area (Å²) >= 11 is 6.09. The van der Waals surface area contributed by atoms with Crippen LogP contribution in [0.2, 0.25) is 5.28 Å². The van der Waals surface area contributed by atoms with Crippen LogP contribution in [0.1, 0.15) is 5.56 Å². The van der Waals surface area contributed by atoms with Crippen molar-refractivity contribution in [2.45, 2.75) is 11.4 Å². The molecule has 4 aromatic rings. The van der Waals surface area contributed by atoms with Crippen LogP contribution < -0.4 is 5.32 Å². The van der Waals surface area contributed by atoms with E-state index in [9.17, 15) is 8.42 Å². The van der Waals surface area contributed by atoms with Crippen LogP contribution in [0.15, 0.2) is 53.6 Å². The molecule has 3 heterocycles. The van der Waals surface area contributed by atoms with Crippen molar-refractivity contribution in [2.75, 3.05) is 5.32 Å². The lowest BCUT2D eigenvalue weighted by Gasteiger charge is -2.09. The van der Waals surface area contributed by atoms with Gasteiger partial charge >= 0.3 is 0 Å². The lowest BCUT2D eigenvalue weighted by atomic mass is 10.2. The highest BCUT2D eigenvalue weighted by Gasteiger charge is 2.19. The molecule has 2 N–H and O–H groups in total. The lowest BCUT2D eigenvalue weighted by Crippen LogP contribution is -2.04. The molecule has 4 rings (SSSR count). The SMILES string of the molecule is Cn1nc(-c2ccccn2)c2c(NCc3ccc(S(=O)(=O)O)cc3)nc(Cl)nc21. The van der Waals surface area contributed by atoms with Crippen LogP contribution in [0.4, 0.5) is 5.82 Å². The number of anilines is 1.